The van der Waals surface area contributed by atoms with Crippen molar-refractivity contribution in [2.24, 2.45) is 0 Å². The van der Waals surface area contributed by atoms with Crippen molar-refractivity contribution in [3.63, 3.8) is 0 Å². The molecule has 80 valence electrons. The van der Waals surface area contributed by atoms with Crippen molar-refractivity contribution in [3.05, 3.63) is 36.0 Å². The molecule has 2 rings (SSSR count). The highest BCUT2D eigenvalue weighted by Gasteiger charge is 2.14. The third-order valence-electron chi connectivity index (χ3n) is 2.62. The Morgan fingerprint density at radius 3 is 3.27 bits per heavy atom. The topological polar surface area (TPSA) is 28.2 Å². The maximum absolute atomic E-state index is 4.61. The summed E-state index contributed by atoms with van der Waals surface area (Å²) in [7, 11) is 0. The van der Waals surface area contributed by atoms with E-state index < -0.39 is 0 Å². The molecule has 1 aromatic heterocycles. The average Bonchev–Trinajstić information content (AvgIpc) is 2.42. The second kappa shape index (κ2) is 4.45. The Morgan fingerprint density at radius 1 is 1.60 bits per heavy atom. The monoisotopic (exact) mass is 203 g/mol. The first-order valence-electron chi connectivity index (χ1n) is 5.34. The summed E-state index contributed by atoms with van der Waals surface area (Å²) in [5.41, 5.74) is 2.35. The molecular formula is C12H17N3. The highest BCUT2D eigenvalue weighted by atomic mass is 15.2. The van der Waals surface area contributed by atoms with E-state index in [1.54, 1.807) is 0 Å². The second-order valence-electron chi connectivity index (χ2n) is 3.85. The lowest BCUT2D eigenvalue weighted by molar-refractivity contribution is 0.700. The molecular weight excluding hydrogens is 186 g/mol. The number of pyridine rings is 1. The zero-order valence-corrected chi connectivity index (χ0v) is 9.16. The fraction of sp³-hybridized carbons (Fsp3) is 0.417. The van der Waals surface area contributed by atoms with E-state index in [4.69, 9.17) is 0 Å². The van der Waals surface area contributed by atoms with Crippen LogP contribution in [0, 0.1) is 6.92 Å². The number of hydrogen-bond donors (Lipinski definition) is 1. The lowest BCUT2D eigenvalue weighted by Gasteiger charge is -2.21. The van der Waals surface area contributed by atoms with Crippen LogP contribution in [0.3, 0.4) is 0 Å². The molecule has 0 atom stereocenters. The second-order valence-corrected chi connectivity index (χ2v) is 3.85. The number of aryl methyl sites for hydroxylation is 1. The van der Waals surface area contributed by atoms with Crippen molar-refractivity contribution in [2.45, 2.75) is 13.5 Å². The fourth-order valence-corrected chi connectivity index (χ4v) is 1.86. The van der Waals surface area contributed by atoms with E-state index >= 15 is 0 Å². The van der Waals surface area contributed by atoms with Gasteiger partial charge in [-0.25, -0.2) is 4.98 Å². The molecule has 1 N–H and O–H groups in total. The smallest absolute Gasteiger partial charge is 0.133 e. The van der Waals surface area contributed by atoms with E-state index in [0.29, 0.717) is 0 Å². The summed E-state index contributed by atoms with van der Waals surface area (Å²) in [5, 5.41) is 3.40. The fourth-order valence-electron chi connectivity index (χ4n) is 1.86. The molecule has 1 aromatic rings. The Bertz CT molecular complexity index is 360. The van der Waals surface area contributed by atoms with E-state index in [9.17, 15) is 0 Å². The van der Waals surface area contributed by atoms with Crippen LogP contribution >= 0.6 is 0 Å². The molecule has 3 heteroatoms. The Balaban J connectivity index is 2.37. The summed E-state index contributed by atoms with van der Waals surface area (Å²) in [6.45, 7) is 9.60. The summed E-state index contributed by atoms with van der Waals surface area (Å²) in [4.78, 5) is 6.89. The highest BCUT2D eigenvalue weighted by Crippen LogP contribution is 2.19. The van der Waals surface area contributed by atoms with Crippen LogP contribution in [0.25, 0.3) is 0 Å². The van der Waals surface area contributed by atoms with Crippen molar-refractivity contribution in [2.75, 3.05) is 24.5 Å². The number of nitrogens with one attached hydrogen (secondary N) is 1. The zero-order chi connectivity index (χ0) is 10.7. The molecule has 0 fully saturated rings. The zero-order valence-electron chi connectivity index (χ0n) is 9.16. The molecule has 0 saturated carbocycles. The Kier molecular flexibility index (Phi) is 3.02. The molecule has 3 nitrogen and oxygen atoms in total. The van der Waals surface area contributed by atoms with Crippen LogP contribution in [0.2, 0.25) is 0 Å². The normalized spacial score (nSPS) is 15.7. The summed E-state index contributed by atoms with van der Waals surface area (Å²) < 4.78 is 0. The molecule has 0 radical (unpaired) electrons. The van der Waals surface area contributed by atoms with Crippen LogP contribution in [-0.2, 0) is 6.54 Å². The molecule has 0 aliphatic carbocycles. The van der Waals surface area contributed by atoms with E-state index in [2.05, 4.69) is 33.9 Å². The van der Waals surface area contributed by atoms with Gasteiger partial charge in [0.15, 0.2) is 0 Å². The van der Waals surface area contributed by atoms with E-state index in [1.165, 1.54) is 5.56 Å². The molecule has 15 heavy (non-hydrogen) atoms. The van der Waals surface area contributed by atoms with E-state index in [1.807, 2.05) is 13.0 Å². The van der Waals surface area contributed by atoms with Crippen LogP contribution in [0.1, 0.15) is 11.3 Å². The number of anilines is 1. The SMILES string of the molecule is C=CCN1CCNCc2ccc(C)nc21. The third kappa shape index (κ3) is 2.18. The van der Waals surface area contributed by atoms with Gasteiger partial charge in [0.2, 0.25) is 0 Å². The van der Waals surface area contributed by atoms with Crippen molar-refractivity contribution in [1.82, 2.24) is 10.3 Å². The summed E-state index contributed by atoms with van der Waals surface area (Å²) in [5.74, 6) is 1.11. The van der Waals surface area contributed by atoms with Crippen LogP contribution in [0.4, 0.5) is 5.82 Å². The summed E-state index contributed by atoms with van der Waals surface area (Å²) in [6.07, 6.45) is 1.93. The minimum atomic E-state index is 0.866. The van der Waals surface area contributed by atoms with Crippen molar-refractivity contribution in [3.8, 4) is 0 Å². The number of fused-ring (bicyclic) bond motifs is 1. The van der Waals surface area contributed by atoms with Gasteiger partial charge in [0, 0.05) is 37.4 Å². The maximum atomic E-state index is 4.61. The van der Waals surface area contributed by atoms with Gasteiger partial charge in [-0.15, -0.1) is 6.58 Å². The highest BCUT2D eigenvalue weighted by molar-refractivity contribution is 5.49. The quantitative estimate of drug-likeness (QED) is 0.738. The Labute approximate surface area is 90.8 Å². The standard InChI is InChI=1S/C12H17N3/c1-3-7-15-8-6-13-9-11-5-4-10(2)14-12(11)15/h3-5,13H,1,6-9H2,2H3. The van der Waals surface area contributed by atoms with Gasteiger partial charge in [0.25, 0.3) is 0 Å². The molecule has 0 bridgehead atoms. The van der Waals surface area contributed by atoms with Gasteiger partial charge >= 0.3 is 0 Å². The number of hydrogen-bond acceptors (Lipinski definition) is 3. The Hall–Kier alpha value is -1.35. The lowest BCUT2D eigenvalue weighted by atomic mass is 10.2. The summed E-state index contributed by atoms with van der Waals surface area (Å²) >= 11 is 0. The molecule has 0 aromatic carbocycles. The summed E-state index contributed by atoms with van der Waals surface area (Å²) in [6, 6.07) is 4.23. The molecule has 0 unspecified atom stereocenters. The van der Waals surface area contributed by atoms with Gasteiger partial charge in [-0.2, -0.15) is 0 Å². The van der Waals surface area contributed by atoms with Gasteiger partial charge < -0.3 is 10.2 Å². The van der Waals surface area contributed by atoms with Gasteiger partial charge in [0.05, 0.1) is 0 Å². The van der Waals surface area contributed by atoms with Crippen LogP contribution < -0.4 is 10.2 Å². The molecule has 2 heterocycles. The first-order chi connectivity index (χ1) is 7.31. The Morgan fingerprint density at radius 2 is 2.47 bits per heavy atom. The third-order valence-corrected chi connectivity index (χ3v) is 2.62. The van der Waals surface area contributed by atoms with E-state index in [0.717, 1.165) is 37.7 Å². The molecule has 0 amide bonds. The van der Waals surface area contributed by atoms with Crippen LogP contribution in [0.15, 0.2) is 24.8 Å². The van der Waals surface area contributed by atoms with Crippen molar-refractivity contribution in [1.29, 1.82) is 0 Å². The largest absolute Gasteiger partial charge is 0.351 e. The molecule has 1 aliphatic rings. The van der Waals surface area contributed by atoms with Gasteiger partial charge in [-0.3, -0.25) is 0 Å². The van der Waals surface area contributed by atoms with Crippen molar-refractivity contribution < 1.29 is 0 Å². The molecule has 0 saturated heterocycles. The number of rotatable bonds is 2. The first kappa shape index (κ1) is 10.2. The van der Waals surface area contributed by atoms with Crippen LogP contribution in [0.5, 0.6) is 0 Å². The first-order valence-corrected chi connectivity index (χ1v) is 5.34. The lowest BCUT2D eigenvalue weighted by Crippen LogP contribution is -2.29. The predicted molar refractivity (Wildman–Crippen MR) is 63.1 cm³/mol. The minimum Gasteiger partial charge on any atom is -0.351 e. The number of nitrogens with zero attached hydrogens (tertiary/aromatic N) is 2. The maximum Gasteiger partial charge on any atom is 0.133 e. The number of aromatic nitrogens is 1. The van der Waals surface area contributed by atoms with Gasteiger partial charge in [0.1, 0.15) is 5.82 Å². The minimum absolute atomic E-state index is 0.866. The molecule has 1 aliphatic heterocycles. The average molecular weight is 203 g/mol. The predicted octanol–water partition coefficient (Wildman–Crippen LogP) is 1.49. The molecule has 0 spiro atoms. The van der Waals surface area contributed by atoms with Gasteiger partial charge in [-0.05, 0) is 13.0 Å². The van der Waals surface area contributed by atoms with Crippen molar-refractivity contribution >= 4 is 5.82 Å². The van der Waals surface area contributed by atoms with E-state index in [-0.39, 0.29) is 0 Å². The van der Waals surface area contributed by atoms with Crippen LogP contribution in [-0.4, -0.2) is 24.6 Å². The van der Waals surface area contributed by atoms with Gasteiger partial charge in [-0.1, -0.05) is 12.1 Å².